The largest absolute Gasteiger partial charge is 0.464 e. The lowest BCUT2D eigenvalue weighted by atomic mass is 10.1. The molecule has 1 aromatic heterocycles. The van der Waals surface area contributed by atoms with E-state index in [0.29, 0.717) is 31.3 Å². The summed E-state index contributed by atoms with van der Waals surface area (Å²) >= 11 is 1.53. The molecule has 1 aromatic carbocycles. The van der Waals surface area contributed by atoms with Crippen LogP contribution in [0.2, 0.25) is 0 Å². The Morgan fingerprint density at radius 2 is 2.08 bits per heavy atom. The molecule has 1 aliphatic rings. The minimum absolute atomic E-state index is 0.130. The van der Waals surface area contributed by atoms with Gasteiger partial charge in [-0.05, 0) is 39.8 Å². The Balaban J connectivity index is 1.67. The summed E-state index contributed by atoms with van der Waals surface area (Å²) in [6.07, 6.45) is 0.0444. The lowest BCUT2D eigenvalue weighted by molar-refractivity contribution is -0.0689. The van der Waals surface area contributed by atoms with E-state index in [9.17, 15) is 4.79 Å². The summed E-state index contributed by atoms with van der Waals surface area (Å²) in [4.78, 5) is 18.6. The molecule has 0 saturated carbocycles. The van der Waals surface area contributed by atoms with Gasteiger partial charge in [0.15, 0.2) is 0 Å². The van der Waals surface area contributed by atoms with E-state index in [-0.39, 0.29) is 18.3 Å². The third-order valence-corrected chi connectivity index (χ3v) is 4.98. The maximum atomic E-state index is 12.3. The molecule has 0 unspecified atom stereocenters. The molecule has 0 N–H and O–H groups in total. The molecule has 1 saturated heterocycles. The van der Waals surface area contributed by atoms with E-state index < -0.39 is 5.60 Å². The summed E-state index contributed by atoms with van der Waals surface area (Å²) < 4.78 is 18.6. The number of aromatic nitrogens is 1. The van der Waals surface area contributed by atoms with Crippen LogP contribution in [0.3, 0.4) is 0 Å². The summed E-state index contributed by atoms with van der Waals surface area (Å²) in [7, 11) is 0. The van der Waals surface area contributed by atoms with Crippen LogP contribution in [-0.4, -0.2) is 53.5 Å². The zero-order valence-corrected chi connectivity index (χ0v) is 16.5. The van der Waals surface area contributed by atoms with Gasteiger partial charge in [0.25, 0.3) is 5.19 Å². The lowest BCUT2D eigenvalue weighted by Gasteiger charge is -2.38. The predicted octanol–water partition coefficient (Wildman–Crippen LogP) is 4.09. The second-order valence-corrected chi connectivity index (χ2v) is 8.31. The molecule has 0 aliphatic carbocycles. The maximum absolute atomic E-state index is 12.3. The number of carbonyl (C=O) groups is 1. The van der Waals surface area contributed by atoms with Crippen molar-refractivity contribution >= 4 is 27.6 Å². The first-order chi connectivity index (χ1) is 12.4. The second-order valence-electron chi connectivity index (χ2n) is 7.31. The average Bonchev–Trinajstić information content (AvgIpc) is 2.97. The molecule has 2 aromatic rings. The SMILES string of the molecule is CCO[C@@H]1CN(C(=O)OC(C)(C)C)CC[C@H]1Oc1nc2ccccc2s1. The highest BCUT2D eigenvalue weighted by atomic mass is 32.1. The monoisotopic (exact) mass is 378 g/mol. The van der Waals surface area contributed by atoms with Crippen LogP contribution in [0.25, 0.3) is 10.2 Å². The third kappa shape index (κ3) is 4.65. The Morgan fingerprint density at radius 1 is 1.31 bits per heavy atom. The number of fused-ring (bicyclic) bond motifs is 1. The number of para-hydroxylation sites is 1. The Labute approximate surface area is 158 Å². The number of carbonyl (C=O) groups excluding carboxylic acids is 1. The molecule has 26 heavy (non-hydrogen) atoms. The van der Waals surface area contributed by atoms with Gasteiger partial charge in [-0.1, -0.05) is 23.5 Å². The number of rotatable bonds is 4. The average molecular weight is 378 g/mol. The van der Waals surface area contributed by atoms with Gasteiger partial charge in [-0.2, -0.15) is 0 Å². The second kappa shape index (κ2) is 7.80. The molecule has 1 amide bonds. The third-order valence-electron chi connectivity index (χ3n) is 4.06. The quantitative estimate of drug-likeness (QED) is 0.802. The van der Waals surface area contributed by atoms with Gasteiger partial charge in [0.1, 0.15) is 17.8 Å². The Kier molecular flexibility index (Phi) is 5.67. The van der Waals surface area contributed by atoms with Crippen molar-refractivity contribution in [3.05, 3.63) is 24.3 Å². The van der Waals surface area contributed by atoms with Crippen LogP contribution in [0, 0.1) is 0 Å². The Bertz CT molecular complexity index is 722. The number of hydrogen-bond donors (Lipinski definition) is 0. The fraction of sp³-hybridized carbons (Fsp3) is 0.579. The molecule has 2 heterocycles. The van der Waals surface area contributed by atoms with E-state index in [1.54, 1.807) is 4.90 Å². The van der Waals surface area contributed by atoms with Crippen LogP contribution in [0.4, 0.5) is 4.79 Å². The van der Waals surface area contributed by atoms with Crippen LogP contribution in [0.5, 0.6) is 5.19 Å². The molecule has 7 heteroatoms. The summed E-state index contributed by atoms with van der Waals surface area (Å²) in [5.74, 6) is 0. The van der Waals surface area contributed by atoms with E-state index in [2.05, 4.69) is 4.98 Å². The van der Waals surface area contributed by atoms with Gasteiger partial charge in [0, 0.05) is 19.6 Å². The topological polar surface area (TPSA) is 60.9 Å². The van der Waals surface area contributed by atoms with Gasteiger partial charge in [0.05, 0.1) is 16.8 Å². The van der Waals surface area contributed by atoms with E-state index in [1.807, 2.05) is 52.0 Å². The van der Waals surface area contributed by atoms with Crippen LogP contribution in [-0.2, 0) is 9.47 Å². The van der Waals surface area contributed by atoms with E-state index in [1.165, 1.54) is 11.3 Å². The Morgan fingerprint density at radius 3 is 2.77 bits per heavy atom. The van der Waals surface area contributed by atoms with E-state index in [4.69, 9.17) is 14.2 Å². The van der Waals surface area contributed by atoms with Gasteiger partial charge in [0.2, 0.25) is 0 Å². The molecule has 3 rings (SSSR count). The van der Waals surface area contributed by atoms with Gasteiger partial charge in [-0.3, -0.25) is 0 Å². The van der Waals surface area contributed by atoms with Crippen molar-refractivity contribution in [2.24, 2.45) is 0 Å². The van der Waals surface area contributed by atoms with Crippen LogP contribution < -0.4 is 4.74 Å². The van der Waals surface area contributed by atoms with E-state index >= 15 is 0 Å². The minimum atomic E-state index is -0.507. The van der Waals surface area contributed by atoms with E-state index in [0.717, 1.165) is 10.2 Å². The fourth-order valence-corrected chi connectivity index (χ4v) is 3.80. The van der Waals surface area contributed by atoms with Crippen LogP contribution in [0.1, 0.15) is 34.1 Å². The number of hydrogen-bond acceptors (Lipinski definition) is 6. The molecule has 1 aliphatic heterocycles. The minimum Gasteiger partial charge on any atom is -0.464 e. The fourth-order valence-electron chi connectivity index (χ4n) is 2.93. The number of ether oxygens (including phenoxy) is 3. The molecule has 0 bridgehead atoms. The summed E-state index contributed by atoms with van der Waals surface area (Å²) in [6.45, 7) is 9.15. The first-order valence-corrected chi connectivity index (χ1v) is 9.79. The first kappa shape index (κ1) is 18.9. The lowest BCUT2D eigenvalue weighted by Crippen LogP contribution is -2.53. The highest BCUT2D eigenvalue weighted by Crippen LogP contribution is 2.30. The molecule has 0 radical (unpaired) electrons. The van der Waals surface area contributed by atoms with Gasteiger partial charge < -0.3 is 19.1 Å². The van der Waals surface area contributed by atoms with Gasteiger partial charge in [-0.25, -0.2) is 9.78 Å². The number of thiazole rings is 1. The van der Waals surface area contributed by atoms with Crippen molar-refractivity contribution in [1.82, 2.24) is 9.88 Å². The molecule has 0 spiro atoms. The van der Waals surface area contributed by atoms with Crippen molar-refractivity contribution in [3.8, 4) is 5.19 Å². The van der Waals surface area contributed by atoms with Crippen molar-refractivity contribution in [3.63, 3.8) is 0 Å². The zero-order chi connectivity index (χ0) is 18.7. The Hall–Kier alpha value is -1.86. The summed E-state index contributed by atoms with van der Waals surface area (Å²) in [6, 6.07) is 7.97. The molecular formula is C19H26N2O4S. The molecule has 2 atom stereocenters. The first-order valence-electron chi connectivity index (χ1n) is 8.97. The summed E-state index contributed by atoms with van der Waals surface area (Å²) in [5.41, 5.74) is 0.429. The standard InChI is InChI=1S/C19H26N2O4S/c1-5-23-15-12-21(18(22)25-19(2,3)4)11-10-14(15)24-17-20-13-8-6-7-9-16(13)26-17/h6-9,14-15H,5,10-12H2,1-4H3/t14-,15-/m1/s1. The van der Waals surface area contributed by atoms with Gasteiger partial charge >= 0.3 is 6.09 Å². The maximum Gasteiger partial charge on any atom is 0.410 e. The number of amides is 1. The van der Waals surface area contributed by atoms with Crippen molar-refractivity contribution < 1.29 is 19.0 Å². The predicted molar refractivity (Wildman–Crippen MR) is 102 cm³/mol. The van der Waals surface area contributed by atoms with Gasteiger partial charge in [-0.15, -0.1) is 0 Å². The highest BCUT2D eigenvalue weighted by molar-refractivity contribution is 7.20. The normalized spacial score (nSPS) is 21.0. The highest BCUT2D eigenvalue weighted by Gasteiger charge is 2.35. The number of piperidine rings is 1. The molecule has 142 valence electrons. The molecule has 1 fully saturated rings. The van der Waals surface area contributed by atoms with Crippen LogP contribution in [0.15, 0.2) is 24.3 Å². The summed E-state index contributed by atoms with van der Waals surface area (Å²) in [5, 5.41) is 0.645. The van der Waals surface area contributed by atoms with Crippen molar-refractivity contribution in [2.75, 3.05) is 19.7 Å². The van der Waals surface area contributed by atoms with Crippen molar-refractivity contribution in [1.29, 1.82) is 0 Å². The number of nitrogens with zero attached hydrogens (tertiary/aromatic N) is 2. The van der Waals surface area contributed by atoms with Crippen molar-refractivity contribution in [2.45, 2.75) is 51.9 Å². The molecular weight excluding hydrogens is 352 g/mol. The number of likely N-dealkylation sites (tertiary alicyclic amines) is 1. The smallest absolute Gasteiger partial charge is 0.410 e. The number of benzene rings is 1. The van der Waals surface area contributed by atoms with Crippen LogP contribution >= 0.6 is 11.3 Å². The molecule has 6 nitrogen and oxygen atoms in total. The zero-order valence-electron chi connectivity index (χ0n) is 15.7.